The Bertz CT molecular complexity index is 1500. The number of para-hydroxylation sites is 1. The van der Waals surface area contributed by atoms with Gasteiger partial charge in [0.15, 0.2) is 5.52 Å². The van der Waals surface area contributed by atoms with E-state index in [-0.39, 0.29) is 0 Å². The highest BCUT2D eigenvalue weighted by Crippen LogP contribution is 2.33. The average Bonchev–Trinajstić information content (AvgIpc) is 3.20. The fraction of sp³-hybridized carbons (Fsp3) is 0. The first kappa shape index (κ1) is 16.7. The van der Waals surface area contributed by atoms with Crippen molar-refractivity contribution < 1.29 is 4.79 Å². The molecule has 0 aliphatic heterocycles. The second-order valence-corrected chi connectivity index (χ2v) is 7.24. The summed E-state index contributed by atoms with van der Waals surface area (Å²) in [6, 6.07) is 37.1. The van der Waals surface area contributed by atoms with Gasteiger partial charge in [-0.2, -0.15) is 4.79 Å². The summed E-state index contributed by atoms with van der Waals surface area (Å²) < 4.78 is 0. The first-order chi connectivity index (χ1) is 14.9. The van der Waals surface area contributed by atoms with Crippen LogP contribution in [0.15, 0.2) is 109 Å². The van der Waals surface area contributed by atoms with Gasteiger partial charge < -0.3 is 0 Å². The molecule has 0 aliphatic rings. The lowest BCUT2D eigenvalue weighted by Crippen LogP contribution is -2.39. The van der Waals surface area contributed by atoms with Crippen molar-refractivity contribution >= 4 is 38.3 Å². The topological polar surface area (TPSA) is 35.8 Å². The SMILES string of the molecule is c1ccc([N-][n+]2c3c4ccccc4c4ccccc4c3nn2-c2ccccc2)cc1. The Kier molecular flexibility index (Phi) is 3.74. The standard InChI is InChI=1S/C26H18N4/c1-3-11-19(12-4-1)27-30-26-24-18-10-8-16-22(24)21-15-7-9-17-23(21)25(26)28-29(30)20-13-5-2-6-14-20/h1-18H. The number of fused-ring (bicyclic) bond motifs is 6. The number of aromatic nitrogens is 3. The summed E-state index contributed by atoms with van der Waals surface area (Å²) in [5.74, 6) is 0. The zero-order chi connectivity index (χ0) is 19.9. The largest absolute Gasteiger partial charge is 0.271 e. The molecule has 4 nitrogen and oxygen atoms in total. The molecule has 0 unspecified atom stereocenters. The highest BCUT2D eigenvalue weighted by molar-refractivity contribution is 6.22. The predicted molar refractivity (Wildman–Crippen MR) is 121 cm³/mol. The van der Waals surface area contributed by atoms with Crippen molar-refractivity contribution in [1.29, 1.82) is 0 Å². The van der Waals surface area contributed by atoms with E-state index in [4.69, 9.17) is 10.5 Å². The molecule has 0 bridgehead atoms. The lowest BCUT2D eigenvalue weighted by atomic mass is 10.00. The Labute approximate surface area is 173 Å². The quantitative estimate of drug-likeness (QED) is 0.268. The first-order valence-electron chi connectivity index (χ1n) is 9.97. The lowest BCUT2D eigenvalue weighted by molar-refractivity contribution is -0.676. The molecule has 6 rings (SSSR count). The molecule has 142 valence electrons. The van der Waals surface area contributed by atoms with Crippen LogP contribution in [-0.4, -0.2) is 9.90 Å². The minimum atomic E-state index is 0.874. The second kappa shape index (κ2) is 6.71. The fourth-order valence-corrected chi connectivity index (χ4v) is 4.06. The molecule has 0 saturated heterocycles. The summed E-state index contributed by atoms with van der Waals surface area (Å²) in [5.41, 5.74) is 8.75. The van der Waals surface area contributed by atoms with Gasteiger partial charge in [-0.3, -0.25) is 5.43 Å². The van der Waals surface area contributed by atoms with Crippen molar-refractivity contribution in [1.82, 2.24) is 9.90 Å². The van der Waals surface area contributed by atoms with Gasteiger partial charge in [0.2, 0.25) is 5.52 Å². The van der Waals surface area contributed by atoms with Crippen LogP contribution in [0.4, 0.5) is 5.69 Å². The Balaban J connectivity index is 1.79. The third-order valence-corrected chi connectivity index (χ3v) is 5.41. The van der Waals surface area contributed by atoms with Crippen LogP contribution in [0.1, 0.15) is 0 Å². The van der Waals surface area contributed by atoms with Crippen LogP contribution in [0, 0.1) is 0 Å². The maximum Gasteiger partial charge on any atom is 0.234 e. The van der Waals surface area contributed by atoms with E-state index in [1.807, 2.05) is 70.3 Å². The van der Waals surface area contributed by atoms with Crippen LogP contribution in [0.5, 0.6) is 0 Å². The van der Waals surface area contributed by atoms with Crippen LogP contribution >= 0.6 is 0 Å². The molecule has 4 heteroatoms. The van der Waals surface area contributed by atoms with E-state index < -0.39 is 0 Å². The molecule has 0 atom stereocenters. The van der Waals surface area contributed by atoms with E-state index in [1.54, 1.807) is 0 Å². The summed E-state index contributed by atoms with van der Waals surface area (Å²) in [6.45, 7) is 0. The van der Waals surface area contributed by atoms with Gasteiger partial charge in [-0.1, -0.05) is 97.1 Å². The number of hydrogen-bond donors (Lipinski definition) is 0. The Morgan fingerprint density at radius 3 is 1.80 bits per heavy atom. The summed E-state index contributed by atoms with van der Waals surface area (Å²) >= 11 is 0. The molecule has 5 aromatic carbocycles. The minimum Gasteiger partial charge on any atom is -0.271 e. The van der Waals surface area contributed by atoms with E-state index in [1.165, 1.54) is 10.8 Å². The molecule has 30 heavy (non-hydrogen) atoms. The predicted octanol–water partition coefficient (Wildman–Crippen LogP) is 6.09. The molecule has 0 amide bonds. The highest BCUT2D eigenvalue weighted by Gasteiger charge is 2.21. The molecular formula is C26H18N4. The highest BCUT2D eigenvalue weighted by atomic mass is 15.7. The van der Waals surface area contributed by atoms with Crippen LogP contribution in [-0.2, 0) is 0 Å². The van der Waals surface area contributed by atoms with Crippen molar-refractivity contribution in [2.75, 3.05) is 0 Å². The number of hydrogen-bond acceptors (Lipinski definition) is 1. The van der Waals surface area contributed by atoms with Crippen molar-refractivity contribution in [3.63, 3.8) is 0 Å². The lowest BCUT2D eigenvalue weighted by Gasteiger charge is -2.15. The molecular weight excluding hydrogens is 368 g/mol. The van der Waals surface area contributed by atoms with E-state index in [0.29, 0.717) is 0 Å². The Hall–Kier alpha value is -4.18. The van der Waals surface area contributed by atoms with Gasteiger partial charge >= 0.3 is 0 Å². The van der Waals surface area contributed by atoms with Crippen molar-refractivity contribution in [2.45, 2.75) is 0 Å². The van der Waals surface area contributed by atoms with Gasteiger partial charge in [0, 0.05) is 16.5 Å². The van der Waals surface area contributed by atoms with Gasteiger partial charge in [0.1, 0.15) is 0 Å². The van der Waals surface area contributed by atoms with Crippen LogP contribution < -0.4 is 4.79 Å². The molecule has 0 N–H and O–H groups in total. The first-order valence-corrected chi connectivity index (χ1v) is 9.97. The normalized spacial score (nSPS) is 11.3. The number of benzene rings is 5. The van der Waals surface area contributed by atoms with Crippen LogP contribution in [0.25, 0.3) is 43.7 Å². The van der Waals surface area contributed by atoms with Crippen LogP contribution in [0.2, 0.25) is 0 Å². The van der Waals surface area contributed by atoms with E-state index in [0.717, 1.165) is 33.2 Å². The zero-order valence-corrected chi connectivity index (χ0v) is 16.2. The molecule has 0 saturated carbocycles. The maximum atomic E-state index is 5.04. The number of rotatable bonds is 3. The average molecular weight is 386 g/mol. The van der Waals surface area contributed by atoms with E-state index >= 15 is 0 Å². The fourth-order valence-electron chi connectivity index (χ4n) is 4.06. The molecule has 1 heterocycles. The minimum absolute atomic E-state index is 0.874. The van der Waals surface area contributed by atoms with Gasteiger partial charge in [0.05, 0.1) is 0 Å². The summed E-state index contributed by atoms with van der Waals surface area (Å²) in [4.78, 5) is 3.81. The van der Waals surface area contributed by atoms with E-state index in [9.17, 15) is 0 Å². The summed E-state index contributed by atoms with van der Waals surface area (Å²) in [5, 5.41) is 9.70. The maximum absolute atomic E-state index is 5.04. The summed E-state index contributed by atoms with van der Waals surface area (Å²) in [7, 11) is 0. The van der Waals surface area contributed by atoms with Crippen molar-refractivity contribution in [3.8, 4) is 5.69 Å². The molecule has 1 aromatic heterocycles. The monoisotopic (exact) mass is 386 g/mol. The molecule has 6 aromatic rings. The van der Waals surface area contributed by atoms with Gasteiger partial charge in [-0.25, -0.2) is 0 Å². The second-order valence-electron chi connectivity index (χ2n) is 7.24. The van der Waals surface area contributed by atoms with E-state index in [2.05, 4.69) is 48.5 Å². The van der Waals surface area contributed by atoms with Crippen LogP contribution in [0.3, 0.4) is 0 Å². The summed E-state index contributed by atoms with van der Waals surface area (Å²) in [6.07, 6.45) is 0. The molecule has 0 radical (unpaired) electrons. The van der Waals surface area contributed by atoms with Gasteiger partial charge in [0.25, 0.3) is 0 Å². The zero-order valence-electron chi connectivity index (χ0n) is 16.2. The molecule has 0 spiro atoms. The smallest absolute Gasteiger partial charge is 0.234 e. The molecule has 0 fully saturated rings. The Morgan fingerprint density at radius 2 is 1.10 bits per heavy atom. The van der Waals surface area contributed by atoms with Crippen molar-refractivity contribution in [2.24, 2.45) is 0 Å². The van der Waals surface area contributed by atoms with Gasteiger partial charge in [-0.05, 0) is 33.7 Å². The van der Waals surface area contributed by atoms with Gasteiger partial charge in [-0.15, -0.1) is 4.80 Å². The third kappa shape index (κ3) is 2.54. The third-order valence-electron chi connectivity index (χ3n) is 5.41. The Morgan fingerprint density at radius 1 is 0.567 bits per heavy atom. The number of nitrogens with zero attached hydrogens (tertiary/aromatic N) is 4. The van der Waals surface area contributed by atoms with Crippen molar-refractivity contribution in [3.05, 3.63) is 115 Å². The molecule has 0 aliphatic carbocycles.